The molecule has 0 atom stereocenters. The molecule has 20 heavy (non-hydrogen) atoms. The van der Waals surface area contributed by atoms with Gasteiger partial charge in [-0.25, -0.2) is 8.42 Å². The van der Waals surface area contributed by atoms with E-state index in [1.165, 1.54) is 31.9 Å². The van der Waals surface area contributed by atoms with E-state index in [-0.39, 0.29) is 0 Å². The summed E-state index contributed by atoms with van der Waals surface area (Å²) in [5.74, 6) is 0.844. The maximum atomic E-state index is 11.3. The summed E-state index contributed by atoms with van der Waals surface area (Å²) in [5.41, 5.74) is 2.65. The zero-order valence-electron chi connectivity index (χ0n) is 12.4. The highest BCUT2D eigenvalue weighted by Crippen LogP contribution is 2.27. The van der Waals surface area contributed by atoms with Crippen LogP contribution in [0.15, 0.2) is 18.2 Å². The van der Waals surface area contributed by atoms with Gasteiger partial charge >= 0.3 is 0 Å². The third kappa shape index (κ3) is 4.40. The third-order valence-corrected chi connectivity index (χ3v) is 4.50. The van der Waals surface area contributed by atoms with Crippen LogP contribution < -0.4 is 10.0 Å². The maximum absolute atomic E-state index is 11.3. The van der Waals surface area contributed by atoms with Gasteiger partial charge in [0.2, 0.25) is 10.0 Å². The highest BCUT2D eigenvalue weighted by Gasteiger charge is 2.18. The first-order valence-corrected chi connectivity index (χ1v) is 9.07. The Morgan fingerprint density at radius 2 is 1.80 bits per heavy atom. The lowest BCUT2D eigenvalue weighted by molar-refractivity contribution is 0.361. The van der Waals surface area contributed by atoms with Crippen molar-refractivity contribution in [2.45, 2.75) is 45.6 Å². The Hall–Kier alpha value is -1.23. The van der Waals surface area contributed by atoms with Crippen molar-refractivity contribution in [1.82, 2.24) is 0 Å². The quantitative estimate of drug-likeness (QED) is 0.895. The van der Waals surface area contributed by atoms with E-state index >= 15 is 0 Å². The second kappa shape index (κ2) is 6.04. The molecule has 0 amide bonds. The van der Waals surface area contributed by atoms with Crippen LogP contribution in [0.2, 0.25) is 0 Å². The molecule has 0 bridgehead atoms. The first-order valence-electron chi connectivity index (χ1n) is 7.18. The Balaban J connectivity index is 2.02. The van der Waals surface area contributed by atoms with E-state index < -0.39 is 10.0 Å². The van der Waals surface area contributed by atoms with E-state index in [2.05, 4.69) is 17.0 Å². The lowest BCUT2D eigenvalue weighted by atomic mass is 9.87. The molecule has 0 aromatic heterocycles. The van der Waals surface area contributed by atoms with Gasteiger partial charge in [0, 0.05) is 11.7 Å². The first kappa shape index (κ1) is 15.2. The zero-order valence-corrected chi connectivity index (χ0v) is 13.3. The van der Waals surface area contributed by atoms with Gasteiger partial charge in [0.05, 0.1) is 11.9 Å². The summed E-state index contributed by atoms with van der Waals surface area (Å²) < 4.78 is 25.0. The number of sulfonamides is 1. The van der Waals surface area contributed by atoms with Crippen molar-refractivity contribution in [3.05, 3.63) is 23.8 Å². The lowest BCUT2D eigenvalue weighted by Crippen LogP contribution is -2.25. The molecule has 5 heteroatoms. The SMILES string of the molecule is Cc1cc(NC2CCC(C)CC2)ccc1NS(C)(=O)=O. The molecule has 1 saturated carbocycles. The van der Waals surface area contributed by atoms with E-state index in [4.69, 9.17) is 0 Å². The van der Waals surface area contributed by atoms with Gasteiger partial charge in [-0.05, 0) is 62.3 Å². The van der Waals surface area contributed by atoms with Crippen molar-refractivity contribution in [2.75, 3.05) is 16.3 Å². The molecule has 2 N–H and O–H groups in total. The van der Waals surface area contributed by atoms with Crippen LogP contribution in [-0.4, -0.2) is 20.7 Å². The van der Waals surface area contributed by atoms with Gasteiger partial charge in [-0.2, -0.15) is 0 Å². The normalized spacial score (nSPS) is 23.4. The van der Waals surface area contributed by atoms with E-state index in [1.807, 2.05) is 25.1 Å². The summed E-state index contributed by atoms with van der Waals surface area (Å²) in [4.78, 5) is 0. The summed E-state index contributed by atoms with van der Waals surface area (Å²) in [7, 11) is -3.22. The summed E-state index contributed by atoms with van der Waals surface area (Å²) in [6.07, 6.45) is 6.16. The number of hydrogen-bond donors (Lipinski definition) is 2. The van der Waals surface area contributed by atoms with Crippen LogP contribution in [0, 0.1) is 12.8 Å². The number of benzene rings is 1. The highest BCUT2D eigenvalue weighted by molar-refractivity contribution is 7.92. The molecule has 1 aromatic carbocycles. The smallest absolute Gasteiger partial charge is 0.229 e. The molecule has 1 fully saturated rings. The maximum Gasteiger partial charge on any atom is 0.229 e. The van der Waals surface area contributed by atoms with Crippen molar-refractivity contribution in [3.63, 3.8) is 0 Å². The minimum Gasteiger partial charge on any atom is -0.382 e. The Bertz CT molecular complexity index is 561. The lowest BCUT2D eigenvalue weighted by Gasteiger charge is -2.28. The molecule has 1 aromatic rings. The summed E-state index contributed by atoms with van der Waals surface area (Å²) >= 11 is 0. The molecule has 0 spiro atoms. The van der Waals surface area contributed by atoms with E-state index in [1.54, 1.807) is 0 Å². The van der Waals surface area contributed by atoms with Crippen LogP contribution in [0.4, 0.5) is 11.4 Å². The van der Waals surface area contributed by atoms with Crippen LogP contribution in [0.1, 0.15) is 38.2 Å². The van der Waals surface area contributed by atoms with Crippen LogP contribution in [0.5, 0.6) is 0 Å². The molecular formula is C15H24N2O2S. The second-order valence-electron chi connectivity index (χ2n) is 6.01. The minimum absolute atomic E-state index is 0.541. The molecule has 112 valence electrons. The Morgan fingerprint density at radius 3 is 2.35 bits per heavy atom. The van der Waals surface area contributed by atoms with Crippen molar-refractivity contribution in [1.29, 1.82) is 0 Å². The fourth-order valence-electron chi connectivity index (χ4n) is 2.71. The molecule has 0 saturated heterocycles. The third-order valence-electron chi connectivity index (χ3n) is 3.91. The minimum atomic E-state index is -3.22. The van der Waals surface area contributed by atoms with Crippen LogP contribution in [0.25, 0.3) is 0 Å². The molecular weight excluding hydrogens is 272 g/mol. The fourth-order valence-corrected chi connectivity index (χ4v) is 3.34. The average molecular weight is 296 g/mol. The summed E-state index contributed by atoms with van der Waals surface area (Å²) in [5, 5.41) is 3.56. The Labute approximate surface area is 122 Å². The Morgan fingerprint density at radius 1 is 1.15 bits per heavy atom. The monoisotopic (exact) mass is 296 g/mol. The molecule has 0 radical (unpaired) electrons. The number of aryl methyl sites for hydroxylation is 1. The molecule has 0 unspecified atom stereocenters. The van der Waals surface area contributed by atoms with Crippen LogP contribution in [0.3, 0.4) is 0 Å². The molecule has 0 aliphatic heterocycles. The van der Waals surface area contributed by atoms with Gasteiger partial charge in [0.1, 0.15) is 0 Å². The molecule has 0 heterocycles. The number of nitrogens with one attached hydrogen (secondary N) is 2. The van der Waals surface area contributed by atoms with Crippen molar-refractivity contribution >= 4 is 21.4 Å². The predicted octanol–water partition coefficient (Wildman–Crippen LogP) is 3.36. The zero-order chi connectivity index (χ0) is 14.8. The standard InChI is InChI=1S/C15H24N2O2S/c1-11-4-6-13(7-5-11)16-14-8-9-15(12(2)10-14)17-20(3,18)19/h8-11,13,16-17H,4-7H2,1-3H3. The van der Waals surface area contributed by atoms with Gasteiger partial charge in [-0.15, -0.1) is 0 Å². The van der Waals surface area contributed by atoms with Crippen molar-refractivity contribution < 1.29 is 8.42 Å². The van der Waals surface area contributed by atoms with Gasteiger partial charge in [-0.3, -0.25) is 4.72 Å². The average Bonchev–Trinajstić information content (AvgIpc) is 2.34. The second-order valence-corrected chi connectivity index (χ2v) is 7.75. The molecule has 1 aliphatic rings. The van der Waals surface area contributed by atoms with Gasteiger partial charge in [0.15, 0.2) is 0 Å². The molecule has 2 rings (SSSR count). The first-order chi connectivity index (χ1) is 9.33. The molecule has 4 nitrogen and oxygen atoms in total. The Kier molecular flexibility index (Phi) is 4.58. The topological polar surface area (TPSA) is 58.2 Å². The van der Waals surface area contributed by atoms with E-state index in [0.29, 0.717) is 11.7 Å². The fraction of sp³-hybridized carbons (Fsp3) is 0.600. The van der Waals surface area contributed by atoms with Crippen molar-refractivity contribution in [2.24, 2.45) is 5.92 Å². The van der Waals surface area contributed by atoms with Gasteiger partial charge < -0.3 is 5.32 Å². The van der Waals surface area contributed by atoms with Gasteiger partial charge in [-0.1, -0.05) is 6.92 Å². The number of hydrogen-bond acceptors (Lipinski definition) is 3. The molecule has 1 aliphatic carbocycles. The van der Waals surface area contributed by atoms with Crippen molar-refractivity contribution in [3.8, 4) is 0 Å². The van der Waals surface area contributed by atoms with E-state index in [9.17, 15) is 8.42 Å². The van der Waals surface area contributed by atoms with Crippen LogP contribution >= 0.6 is 0 Å². The van der Waals surface area contributed by atoms with E-state index in [0.717, 1.165) is 17.2 Å². The largest absolute Gasteiger partial charge is 0.382 e. The number of rotatable bonds is 4. The summed E-state index contributed by atoms with van der Waals surface area (Å²) in [6, 6.07) is 6.31. The number of anilines is 2. The van der Waals surface area contributed by atoms with Crippen LogP contribution in [-0.2, 0) is 10.0 Å². The summed E-state index contributed by atoms with van der Waals surface area (Å²) in [6.45, 7) is 4.23. The highest BCUT2D eigenvalue weighted by atomic mass is 32.2. The predicted molar refractivity (Wildman–Crippen MR) is 84.7 cm³/mol. The van der Waals surface area contributed by atoms with Gasteiger partial charge in [0.25, 0.3) is 0 Å².